The second-order valence-electron chi connectivity index (χ2n) is 8.40. The van der Waals surface area contributed by atoms with Gasteiger partial charge in [0.1, 0.15) is 43.1 Å². The van der Waals surface area contributed by atoms with Gasteiger partial charge < -0.3 is 35.9 Å². The zero-order chi connectivity index (χ0) is 26.1. The van der Waals surface area contributed by atoms with Crippen LogP contribution in [0.2, 0.25) is 0 Å². The lowest BCUT2D eigenvalue weighted by Gasteiger charge is -2.20. The first-order chi connectivity index (χ1) is 17.2. The molecule has 194 valence electrons. The van der Waals surface area contributed by atoms with Gasteiger partial charge in [0.25, 0.3) is 0 Å². The zero-order valence-electron chi connectivity index (χ0n) is 19.5. The van der Waals surface area contributed by atoms with Gasteiger partial charge in [-0.2, -0.15) is 0 Å². The van der Waals surface area contributed by atoms with Crippen molar-refractivity contribution in [2.75, 3.05) is 13.2 Å². The highest BCUT2D eigenvalue weighted by atomic mass is 32.2. The van der Waals surface area contributed by atoms with E-state index in [1.807, 2.05) is 0 Å². The summed E-state index contributed by atoms with van der Waals surface area (Å²) >= 11 is 3.01. The summed E-state index contributed by atoms with van der Waals surface area (Å²) in [5.41, 5.74) is 13.6. The Morgan fingerprint density at radius 2 is 1.19 bits per heavy atom. The van der Waals surface area contributed by atoms with Crippen LogP contribution in [0.3, 0.4) is 0 Å². The minimum absolute atomic E-state index is 0.0359. The number of esters is 2. The van der Waals surface area contributed by atoms with E-state index in [0.717, 1.165) is 17.4 Å². The molecule has 1 fully saturated rings. The Balaban J connectivity index is 1.49. The summed E-state index contributed by atoms with van der Waals surface area (Å²) in [6.07, 6.45) is 1.69. The molecule has 0 saturated carbocycles. The van der Waals surface area contributed by atoms with Crippen LogP contribution in [0.15, 0.2) is 48.5 Å². The lowest BCUT2D eigenvalue weighted by atomic mass is 10.1. The minimum Gasteiger partial charge on any atom is -0.508 e. The van der Waals surface area contributed by atoms with Gasteiger partial charge in [-0.15, -0.1) is 23.5 Å². The van der Waals surface area contributed by atoms with Crippen molar-refractivity contribution in [3.63, 3.8) is 0 Å². The zero-order valence-corrected chi connectivity index (χ0v) is 21.2. The van der Waals surface area contributed by atoms with Gasteiger partial charge >= 0.3 is 11.9 Å². The fourth-order valence-electron chi connectivity index (χ4n) is 3.56. The average Bonchev–Trinajstić information content (AvgIpc) is 3.25. The highest BCUT2D eigenvalue weighted by Gasteiger charge is 2.37. The summed E-state index contributed by atoms with van der Waals surface area (Å²) < 4.78 is 10.9. The van der Waals surface area contributed by atoms with Crippen LogP contribution in [0.4, 0.5) is 0 Å². The average molecular weight is 535 g/mol. The molecule has 0 aromatic heterocycles. The Hall–Kier alpha value is -2.73. The van der Waals surface area contributed by atoms with Crippen LogP contribution in [0, 0.1) is 0 Å². The molecule has 6 N–H and O–H groups in total. The van der Waals surface area contributed by atoms with E-state index in [1.54, 1.807) is 24.3 Å². The molecule has 36 heavy (non-hydrogen) atoms. The number of hydrogen-bond acceptors (Lipinski definition) is 11. The molecule has 1 unspecified atom stereocenters. The summed E-state index contributed by atoms with van der Waals surface area (Å²) in [6.45, 7) is 0.133. The first kappa shape index (κ1) is 27.9. The van der Waals surface area contributed by atoms with E-state index in [0.29, 0.717) is 6.42 Å². The van der Waals surface area contributed by atoms with Crippen LogP contribution in [-0.4, -0.2) is 68.8 Å². The van der Waals surface area contributed by atoms with Gasteiger partial charge in [-0.05, 0) is 48.2 Å². The van der Waals surface area contributed by atoms with Crippen LogP contribution in [0.25, 0.3) is 0 Å². The van der Waals surface area contributed by atoms with E-state index >= 15 is 0 Å². The number of nitrogens with two attached hydrogens (primary N) is 2. The second-order valence-corrected chi connectivity index (χ2v) is 11.6. The Morgan fingerprint density at radius 1 is 0.806 bits per heavy atom. The second kappa shape index (κ2) is 13.5. The third-order valence-corrected chi connectivity index (χ3v) is 8.98. The fourth-order valence-corrected chi connectivity index (χ4v) is 7.02. The van der Waals surface area contributed by atoms with Gasteiger partial charge in [0.2, 0.25) is 0 Å². The number of aromatic hydroxyl groups is 2. The molecule has 0 amide bonds. The number of rotatable bonds is 12. The number of phenolic OH excluding ortho intramolecular Hbond substituents is 2. The van der Waals surface area contributed by atoms with Gasteiger partial charge in [0.05, 0.1) is 15.1 Å². The van der Waals surface area contributed by atoms with Crippen molar-refractivity contribution < 1.29 is 34.1 Å². The number of ether oxygens (including phenoxy) is 2. The molecule has 1 aliphatic heterocycles. The summed E-state index contributed by atoms with van der Waals surface area (Å²) in [6, 6.07) is 11.1. The van der Waals surface area contributed by atoms with Crippen LogP contribution < -0.4 is 11.5 Å². The van der Waals surface area contributed by atoms with Crippen LogP contribution in [0.5, 0.6) is 11.5 Å². The summed E-state index contributed by atoms with van der Waals surface area (Å²) in [7, 11) is 0. The lowest BCUT2D eigenvalue weighted by molar-refractivity contribution is -0.147. The van der Waals surface area contributed by atoms with E-state index in [-0.39, 0.29) is 52.6 Å². The summed E-state index contributed by atoms with van der Waals surface area (Å²) in [4.78, 5) is 35.9. The van der Waals surface area contributed by atoms with E-state index in [2.05, 4.69) is 0 Å². The predicted octanol–water partition coefficient (Wildman–Crippen LogP) is 1.76. The molecule has 1 saturated heterocycles. The highest BCUT2D eigenvalue weighted by molar-refractivity contribution is 8.20. The fraction of sp³-hybridized carbons (Fsp3) is 0.400. The van der Waals surface area contributed by atoms with Crippen molar-refractivity contribution >= 4 is 41.7 Å². The molecule has 0 spiro atoms. The Morgan fingerprint density at radius 3 is 1.56 bits per heavy atom. The maximum atomic E-state index is 12.4. The Bertz CT molecular complexity index is 943. The smallest absolute Gasteiger partial charge is 0.323 e. The first-order valence-electron chi connectivity index (χ1n) is 11.4. The SMILES string of the molecule is N[C@@H](Cc1ccc(O)cc1)C(=O)OC[C@@H]1SC(CC=O)S[C@@H]1COC(=O)[C@@H](N)Cc1ccc(O)cc1. The molecule has 9 nitrogen and oxygen atoms in total. The predicted molar refractivity (Wildman–Crippen MR) is 139 cm³/mol. The van der Waals surface area contributed by atoms with Crippen LogP contribution >= 0.6 is 23.5 Å². The molecule has 1 aliphatic rings. The number of thioether (sulfide) groups is 2. The molecule has 1 heterocycles. The van der Waals surface area contributed by atoms with Crippen molar-refractivity contribution in [1.29, 1.82) is 0 Å². The van der Waals surface area contributed by atoms with Crippen molar-refractivity contribution in [1.82, 2.24) is 0 Å². The molecule has 11 heteroatoms. The molecule has 0 aliphatic carbocycles. The molecule has 2 aromatic rings. The van der Waals surface area contributed by atoms with E-state index in [4.69, 9.17) is 20.9 Å². The molecule has 5 atom stereocenters. The van der Waals surface area contributed by atoms with E-state index < -0.39 is 24.0 Å². The Kier molecular flexibility index (Phi) is 10.5. The highest BCUT2D eigenvalue weighted by Crippen LogP contribution is 2.45. The van der Waals surface area contributed by atoms with Crippen LogP contribution in [-0.2, 0) is 36.7 Å². The largest absolute Gasteiger partial charge is 0.508 e. The minimum atomic E-state index is -0.867. The summed E-state index contributed by atoms with van der Waals surface area (Å²) in [5.74, 6) is -0.856. The van der Waals surface area contributed by atoms with Gasteiger partial charge in [-0.25, -0.2) is 0 Å². The van der Waals surface area contributed by atoms with Crippen molar-refractivity contribution in [3.05, 3.63) is 59.7 Å². The number of hydrogen-bond donors (Lipinski definition) is 4. The maximum absolute atomic E-state index is 12.4. The van der Waals surface area contributed by atoms with E-state index in [9.17, 15) is 24.6 Å². The molecular weight excluding hydrogens is 504 g/mol. The van der Waals surface area contributed by atoms with Crippen molar-refractivity contribution in [2.45, 2.75) is 46.4 Å². The summed E-state index contributed by atoms with van der Waals surface area (Å²) in [5, 5.41) is 18.4. The third-order valence-electron chi connectivity index (χ3n) is 5.53. The molecule has 2 aromatic carbocycles. The topological polar surface area (TPSA) is 162 Å². The van der Waals surface area contributed by atoms with Gasteiger partial charge in [-0.3, -0.25) is 9.59 Å². The first-order valence-corrected chi connectivity index (χ1v) is 13.3. The monoisotopic (exact) mass is 534 g/mol. The van der Waals surface area contributed by atoms with Crippen molar-refractivity contribution in [2.24, 2.45) is 11.5 Å². The van der Waals surface area contributed by atoms with Gasteiger partial charge in [-0.1, -0.05) is 24.3 Å². The molecule has 3 rings (SSSR count). The van der Waals surface area contributed by atoms with E-state index in [1.165, 1.54) is 47.8 Å². The van der Waals surface area contributed by atoms with Crippen LogP contribution in [0.1, 0.15) is 17.5 Å². The van der Waals surface area contributed by atoms with Gasteiger partial charge in [0.15, 0.2) is 0 Å². The van der Waals surface area contributed by atoms with Gasteiger partial charge in [0, 0.05) is 6.42 Å². The maximum Gasteiger partial charge on any atom is 0.323 e. The number of benzene rings is 2. The normalized spacial score (nSPS) is 20.9. The lowest BCUT2D eigenvalue weighted by Crippen LogP contribution is -2.38. The molecule has 0 bridgehead atoms. The quantitative estimate of drug-likeness (QED) is 0.232. The van der Waals surface area contributed by atoms with Crippen molar-refractivity contribution in [3.8, 4) is 11.5 Å². The number of carbonyl (C=O) groups is 3. The third kappa shape index (κ3) is 8.44. The molecular formula is C25H30N2O7S2. The number of phenols is 2. The molecule has 0 radical (unpaired) electrons. The Labute approximate surface area is 217 Å². The number of aldehydes is 1. The number of carbonyl (C=O) groups excluding carboxylic acids is 3. The standard InChI is InChI=1S/C25H30N2O7S2/c26-19(11-15-1-5-17(29)6-2-15)24(31)33-13-21-22(36-23(35-21)9-10-28)14-34-25(32)20(27)12-16-3-7-18(30)8-4-16/h1-8,10,19-23,29-30H,9,11-14,26-27H2/t19-,20-,21-,22+,23?/m0/s1.